The summed E-state index contributed by atoms with van der Waals surface area (Å²) in [6.45, 7) is 24.9. The molecule has 2 aromatic rings. The molecule has 0 aliphatic rings. The van der Waals surface area contributed by atoms with Crippen LogP contribution in [-0.2, 0) is 20.8 Å². The number of aliphatic hydroxyl groups is 2. The Kier molecular flexibility index (Phi) is 12.9. The Morgan fingerprint density at radius 3 is 0.969 bits per heavy atom. The Morgan fingerprint density at radius 1 is 0.500 bits per heavy atom. The van der Waals surface area contributed by atoms with Gasteiger partial charge >= 0.3 is 37.9 Å². The van der Waals surface area contributed by atoms with Crippen LogP contribution in [0.4, 0.5) is 11.4 Å². The van der Waals surface area contributed by atoms with Crippen molar-refractivity contribution in [1.29, 1.82) is 0 Å². The minimum absolute atomic E-state index is 0.741. The molecule has 2 aromatic carbocycles. The fourth-order valence-corrected chi connectivity index (χ4v) is 4.01. The first kappa shape index (κ1) is 29.5. The molecule has 0 saturated heterocycles. The number of rotatable bonds is 8. The van der Waals surface area contributed by atoms with Gasteiger partial charge in [-0.2, -0.15) is 0 Å². The summed E-state index contributed by atoms with van der Waals surface area (Å²) >= 11 is -0.826. The summed E-state index contributed by atoms with van der Waals surface area (Å²) in [7, 11) is 9.87. The van der Waals surface area contributed by atoms with Crippen molar-refractivity contribution in [2.75, 3.05) is 26.3 Å². The zero-order valence-corrected chi connectivity index (χ0v) is 25.4. The monoisotopic (exact) mass is 555 g/mol. The van der Waals surface area contributed by atoms with E-state index in [4.69, 9.17) is 27.7 Å². The third-order valence-corrected chi connectivity index (χ3v) is 6.98. The molecule has 0 heterocycles. The fraction of sp³-hybridized carbons (Fsp3) is 0.538. The molecule has 0 bridgehead atoms. The second kappa shape index (κ2) is 14.0. The summed E-state index contributed by atoms with van der Waals surface area (Å²) in [5.74, 6) is 0. The number of halogens is 2. The first-order chi connectivity index (χ1) is 15.0. The predicted octanol–water partition coefficient (Wildman–Crippen LogP) is 8.39. The van der Waals surface area contributed by atoms with E-state index in [-0.39, 0.29) is 0 Å². The van der Waals surface area contributed by atoms with Gasteiger partial charge < -0.3 is 15.4 Å². The van der Waals surface area contributed by atoms with Crippen LogP contribution in [0.2, 0.25) is 0 Å². The van der Waals surface area contributed by atoms with Crippen molar-refractivity contribution < 1.29 is 25.6 Å². The molecule has 0 aromatic heterocycles. The van der Waals surface area contributed by atoms with Crippen molar-refractivity contribution in [1.82, 2.24) is 0 Å². The van der Waals surface area contributed by atoms with Crippen LogP contribution in [0.15, 0.2) is 0 Å². The maximum atomic E-state index is 4.93. The summed E-state index contributed by atoms with van der Waals surface area (Å²) in [4.78, 5) is 0. The van der Waals surface area contributed by atoms with Crippen LogP contribution in [-0.4, -0.2) is 31.0 Å². The molecule has 0 atom stereocenters. The number of nitrogens with zero attached hydrogens (tertiary/aromatic N) is 2. The fourth-order valence-electron chi connectivity index (χ4n) is 4.01. The summed E-state index contributed by atoms with van der Waals surface area (Å²) in [5.41, 5.74) is 15.7. The van der Waals surface area contributed by atoms with Gasteiger partial charge in [0.2, 0.25) is 0 Å². The number of hydrogen-bond acceptors (Lipinski definition) is 0. The molecule has 2 rings (SSSR count). The van der Waals surface area contributed by atoms with Crippen LogP contribution in [0.5, 0.6) is 0 Å². The molecule has 0 saturated carbocycles. The first-order valence-electron chi connectivity index (χ1n) is 11.1. The molecule has 0 aliphatic heterocycles. The SMILES string of the molecule is Cc1c(C)c(C)c([N-]CC[OH+]CC[N-]c2c(C)c(C)c(C)c(C)c2C)c(C)c1C.[Cl][Zr][Cl]. The Hall–Kier alpha value is -0.537. The molecule has 1 N–H and O–H groups in total. The second-order valence-electron chi connectivity index (χ2n) is 8.45. The molecular formula is C26H39Cl2N2OZr-. The summed E-state index contributed by atoms with van der Waals surface area (Å²) < 4.78 is 4.66. The Labute approximate surface area is 214 Å². The Morgan fingerprint density at radius 2 is 0.719 bits per heavy atom. The van der Waals surface area contributed by atoms with E-state index in [1.54, 1.807) is 0 Å². The Balaban J connectivity index is 0.00000161. The zero-order valence-electron chi connectivity index (χ0n) is 21.4. The van der Waals surface area contributed by atoms with Gasteiger partial charge in [0.25, 0.3) is 0 Å². The van der Waals surface area contributed by atoms with Crippen LogP contribution in [0.25, 0.3) is 10.6 Å². The van der Waals surface area contributed by atoms with Crippen molar-refractivity contribution >= 4 is 28.4 Å². The molecule has 0 amide bonds. The van der Waals surface area contributed by atoms with Gasteiger partial charge in [0.05, 0.1) is 0 Å². The molecule has 0 aliphatic carbocycles. The van der Waals surface area contributed by atoms with Crippen LogP contribution in [0.3, 0.4) is 0 Å². The molecular weight excluding hydrogens is 518 g/mol. The number of benzene rings is 2. The van der Waals surface area contributed by atoms with Gasteiger partial charge in [-0.3, -0.25) is 0 Å². The summed E-state index contributed by atoms with van der Waals surface area (Å²) in [6, 6.07) is 0. The van der Waals surface area contributed by atoms with Crippen LogP contribution in [0.1, 0.15) is 55.6 Å². The quantitative estimate of drug-likeness (QED) is 0.231. The van der Waals surface area contributed by atoms with Gasteiger partial charge in [0, 0.05) is 0 Å². The summed E-state index contributed by atoms with van der Waals surface area (Å²) in [6.07, 6.45) is 0. The molecule has 3 nitrogen and oxygen atoms in total. The predicted molar refractivity (Wildman–Crippen MR) is 140 cm³/mol. The molecule has 32 heavy (non-hydrogen) atoms. The molecule has 178 valence electrons. The van der Waals surface area contributed by atoms with E-state index in [1.807, 2.05) is 0 Å². The van der Waals surface area contributed by atoms with Crippen LogP contribution in [0, 0.1) is 69.2 Å². The van der Waals surface area contributed by atoms with Gasteiger partial charge in [0.1, 0.15) is 13.2 Å². The van der Waals surface area contributed by atoms with Gasteiger partial charge in [-0.1, -0.05) is 35.3 Å². The van der Waals surface area contributed by atoms with Crippen molar-refractivity contribution in [2.24, 2.45) is 0 Å². The van der Waals surface area contributed by atoms with E-state index >= 15 is 0 Å². The van der Waals surface area contributed by atoms with Crippen LogP contribution < -0.4 is 0 Å². The first-order valence-corrected chi connectivity index (χ1v) is 17.4. The van der Waals surface area contributed by atoms with Gasteiger partial charge in [-0.05, 0) is 103 Å². The topological polar surface area (TPSA) is 41.0 Å². The van der Waals surface area contributed by atoms with Crippen molar-refractivity contribution in [3.05, 3.63) is 66.3 Å². The van der Waals surface area contributed by atoms with E-state index in [0.29, 0.717) is 0 Å². The average Bonchev–Trinajstić information content (AvgIpc) is 2.77. The molecule has 0 radical (unpaired) electrons. The Bertz CT molecular complexity index is 798. The van der Waals surface area contributed by atoms with Gasteiger partial charge in [-0.25, -0.2) is 0 Å². The molecule has 6 heteroatoms. The molecule has 0 unspecified atom stereocenters. The number of ether oxygens (including phenoxy) is 1. The second-order valence-corrected chi connectivity index (χ2v) is 12.2. The third-order valence-electron chi connectivity index (χ3n) is 6.98. The van der Waals surface area contributed by atoms with Crippen molar-refractivity contribution in [3.63, 3.8) is 0 Å². The van der Waals surface area contributed by atoms with E-state index in [9.17, 15) is 0 Å². The van der Waals surface area contributed by atoms with Crippen LogP contribution >= 0.6 is 17.0 Å². The number of hydrogen-bond donors (Lipinski definition) is 0. The van der Waals surface area contributed by atoms with E-state index in [0.717, 1.165) is 37.7 Å². The molecule has 0 spiro atoms. The maximum absolute atomic E-state index is 4.93. The van der Waals surface area contributed by atoms with E-state index in [2.05, 4.69) is 74.0 Å². The van der Waals surface area contributed by atoms with Gasteiger partial charge in [-0.15, -0.1) is 11.4 Å². The van der Waals surface area contributed by atoms with E-state index < -0.39 is 20.8 Å². The van der Waals surface area contributed by atoms with Gasteiger partial charge in [0.15, 0.2) is 0 Å². The van der Waals surface area contributed by atoms with Crippen molar-refractivity contribution in [2.45, 2.75) is 69.2 Å². The average molecular weight is 558 g/mol. The standard InChI is InChI=1S/C26H38N2O.2ClH.Zr/c1-15-17(3)21(7)25(22(8)18(15)4)27-11-13-29-14-12-28-26-23(9)19(5)16(2)20(6)24(26)10;;;/h11-14H2,1-10H3;2*1H;/q-2;;;+2/p-1. The minimum atomic E-state index is -0.826. The van der Waals surface area contributed by atoms with Crippen molar-refractivity contribution in [3.8, 4) is 0 Å². The summed E-state index contributed by atoms with van der Waals surface area (Å²) in [5, 5.41) is 9.72. The normalized spacial score (nSPS) is 10.5. The zero-order chi connectivity index (χ0) is 24.6. The third kappa shape index (κ3) is 7.23. The molecule has 0 fully saturated rings. The van der Waals surface area contributed by atoms with E-state index in [1.165, 1.54) is 55.6 Å².